The molecule has 1 nitrogen and oxygen atoms in total. The molecule has 0 radical (unpaired) electrons. The SMILES string of the molecule is [Li][CH2]C1CCCO1. The minimum atomic E-state index is 0.597. The van der Waals surface area contributed by atoms with Crippen LogP contribution in [-0.4, -0.2) is 30.4 Å². The van der Waals surface area contributed by atoms with Crippen LogP contribution in [0.2, 0.25) is 5.09 Å². The molecule has 0 aromatic carbocycles. The van der Waals surface area contributed by atoms with E-state index < -0.39 is 0 Å². The van der Waals surface area contributed by atoms with Crippen molar-refractivity contribution in [3.8, 4) is 0 Å². The summed E-state index contributed by atoms with van der Waals surface area (Å²) in [7, 11) is 0. The summed E-state index contributed by atoms with van der Waals surface area (Å²) in [6.45, 7) is 0.999. The van der Waals surface area contributed by atoms with Crippen molar-refractivity contribution in [2.75, 3.05) is 6.61 Å². The standard InChI is InChI=1S/C5H9O.Li/c1-5-3-2-4-6-5;/h5H,1-4H2;. The Bertz CT molecular complexity index is 50.0. The molecule has 0 saturated carbocycles. The van der Waals surface area contributed by atoms with E-state index in [1.807, 2.05) is 0 Å². The molecule has 1 unspecified atom stereocenters. The number of ether oxygens (including phenoxy) is 1. The van der Waals surface area contributed by atoms with Gasteiger partial charge in [-0.3, -0.25) is 0 Å². The molecule has 0 bridgehead atoms. The van der Waals surface area contributed by atoms with E-state index in [4.69, 9.17) is 4.74 Å². The Morgan fingerprint density at radius 3 is 2.86 bits per heavy atom. The normalized spacial score (nSPS) is 31.4. The van der Waals surface area contributed by atoms with Crippen molar-refractivity contribution in [3.05, 3.63) is 0 Å². The van der Waals surface area contributed by atoms with Crippen LogP contribution in [0.3, 0.4) is 0 Å². The van der Waals surface area contributed by atoms with Gasteiger partial charge in [0, 0.05) is 0 Å². The van der Waals surface area contributed by atoms with Crippen molar-refractivity contribution in [2.24, 2.45) is 0 Å². The van der Waals surface area contributed by atoms with E-state index >= 15 is 0 Å². The molecular weight excluding hydrogens is 83.0 g/mol. The molecule has 0 amide bonds. The van der Waals surface area contributed by atoms with E-state index in [1.54, 1.807) is 0 Å². The van der Waals surface area contributed by atoms with Gasteiger partial charge in [0.25, 0.3) is 0 Å². The van der Waals surface area contributed by atoms with Gasteiger partial charge in [0.2, 0.25) is 0 Å². The molecule has 1 atom stereocenters. The number of rotatable bonds is 1. The number of hydrogen-bond donors (Lipinski definition) is 0. The van der Waals surface area contributed by atoms with Crippen molar-refractivity contribution < 1.29 is 4.74 Å². The topological polar surface area (TPSA) is 9.23 Å². The Balaban J connectivity index is 2.14. The predicted molar refractivity (Wildman–Crippen MR) is 29.5 cm³/mol. The molecule has 1 aliphatic rings. The summed E-state index contributed by atoms with van der Waals surface area (Å²) in [5.74, 6) is 0. The first-order valence-corrected chi connectivity index (χ1v) is 3.05. The van der Waals surface area contributed by atoms with Gasteiger partial charge in [0.05, 0.1) is 0 Å². The van der Waals surface area contributed by atoms with Gasteiger partial charge in [-0.15, -0.1) is 0 Å². The first-order valence-electron chi connectivity index (χ1n) is 3.05. The molecule has 2 heteroatoms. The summed E-state index contributed by atoms with van der Waals surface area (Å²) in [4.78, 5) is 0. The quantitative estimate of drug-likeness (QED) is 0.434. The zero-order valence-corrected chi connectivity index (χ0v) is 4.81. The summed E-state index contributed by atoms with van der Waals surface area (Å²) in [5.41, 5.74) is 0. The first-order chi connectivity index (χ1) is 3.43. The minimum absolute atomic E-state index is 0.597. The van der Waals surface area contributed by atoms with E-state index in [-0.39, 0.29) is 0 Å². The fourth-order valence-corrected chi connectivity index (χ4v) is 0.966. The second kappa shape index (κ2) is 2.77. The van der Waals surface area contributed by atoms with Crippen LogP contribution in [0.5, 0.6) is 0 Å². The molecule has 0 N–H and O–H groups in total. The molecule has 0 spiro atoms. The zero-order chi connectivity index (χ0) is 5.11. The third kappa shape index (κ3) is 1.49. The van der Waals surface area contributed by atoms with Crippen molar-refractivity contribution in [2.45, 2.75) is 24.0 Å². The molecular formula is C5H9LiO. The van der Waals surface area contributed by atoms with Crippen LogP contribution in [0.25, 0.3) is 0 Å². The summed E-state index contributed by atoms with van der Waals surface area (Å²) < 4.78 is 5.30. The Kier molecular flexibility index (Phi) is 2.25. The Labute approximate surface area is 53.6 Å². The van der Waals surface area contributed by atoms with Gasteiger partial charge >= 0.3 is 53.1 Å². The van der Waals surface area contributed by atoms with E-state index in [1.165, 1.54) is 17.9 Å². The van der Waals surface area contributed by atoms with Crippen LogP contribution in [0.4, 0.5) is 0 Å². The van der Waals surface area contributed by atoms with Crippen molar-refractivity contribution in [3.63, 3.8) is 0 Å². The Hall–Kier alpha value is 0.557. The molecule has 0 aliphatic carbocycles. The Morgan fingerprint density at radius 1 is 1.71 bits per heavy atom. The average Bonchev–Trinajstić information content (AvgIpc) is 2.14. The van der Waals surface area contributed by atoms with E-state index in [0.717, 1.165) is 6.61 Å². The van der Waals surface area contributed by atoms with Gasteiger partial charge < -0.3 is 0 Å². The van der Waals surface area contributed by atoms with Crippen molar-refractivity contribution in [1.29, 1.82) is 0 Å². The van der Waals surface area contributed by atoms with Crippen LogP contribution >= 0.6 is 0 Å². The average molecular weight is 92.1 g/mol. The summed E-state index contributed by atoms with van der Waals surface area (Å²) in [5, 5.41) is 1.19. The zero-order valence-electron chi connectivity index (χ0n) is 4.81. The van der Waals surface area contributed by atoms with Crippen molar-refractivity contribution in [1.82, 2.24) is 0 Å². The van der Waals surface area contributed by atoms with Gasteiger partial charge in [-0.2, -0.15) is 0 Å². The van der Waals surface area contributed by atoms with Gasteiger partial charge in [0.15, 0.2) is 0 Å². The molecule has 7 heavy (non-hydrogen) atoms. The molecule has 1 heterocycles. The summed E-state index contributed by atoms with van der Waals surface area (Å²) in [6.07, 6.45) is 3.16. The van der Waals surface area contributed by atoms with Crippen LogP contribution in [0, 0.1) is 0 Å². The molecule has 1 aliphatic heterocycles. The van der Waals surface area contributed by atoms with Crippen LogP contribution < -0.4 is 0 Å². The molecule has 1 fully saturated rings. The maximum atomic E-state index is 5.30. The van der Waals surface area contributed by atoms with Crippen LogP contribution in [0.1, 0.15) is 12.8 Å². The summed E-state index contributed by atoms with van der Waals surface area (Å²) >= 11 is 2.18. The third-order valence-corrected chi connectivity index (χ3v) is 1.48. The summed E-state index contributed by atoms with van der Waals surface area (Å²) in [6, 6.07) is 0. The van der Waals surface area contributed by atoms with E-state index in [0.29, 0.717) is 6.10 Å². The van der Waals surface area contributed by atoms with E-state index in [9.17, 15) is 0 Å². The van der Waals surface area contributed by atoms with E-state index in [2.05, 4.69) is 17.7 Å². The molecule has 1 saturated heterocycles. The predicted octanol–water partition coefficient (Wildman–Crippen LogP) is 0.752. The second-order valence-corrected chi connectivity index (χ2v) is 2.04. The maximum absolute atomic E-state index is 5.30. The van der Waals surface area contributed by atoms with Gasteiger partial charge in [0.1, 0.15) is 0 Å². The molecule has 0 aromatic heterocycles. The fraction of sp³-hybridized carbons (Fsp3) is 1.00. The van der Waals surface area contributed by atoms with Gasteiger partial charge in [-0.1, -0.05) is 0 Å². The van der Waals surface area contributed by atoms with Crippen molar-refractivity contribution >= 4 is 17.7 Å². The number of hydrogen-bond acceptors (Lipinski definition) is 1. The monoisotopic (exact) mass is 92.1 g/mol. The molecule has 1 rings (SSSR count). The van der Waals surface area contributed by atoms with Gasteiger partial charge in [-0.05, 0) is 0 Å². The van der Waals surface area contributed by atoms with Gasteiger partial charge in [-0.25, -0.2) is 0 Å². The molecule has 36 valence electrons. The van der Waals surface area contributed by atoms with Crippen LogP contribution in [0.15, 0.2) is 0 Å². The molecule has 0 aromatic rings. The Morgan fingerprint density at radius 2 is 2.57 bits per heavy atom. The van der Waals surface area contributed by atoms with Crippen LogP contribution in [-0.2, 0) is 4.74 Å². The first kappa shape index (κ1) is 5.69. The third-order valence-electron chi connectivity index (χ3n) is 1.48. The fourth-order valence-electron chi connectivity index (χ4n) is 0.966. The second-order valence-electron chi connectivity index (χ2n) is 2.04.